The summed E-state index contributed by atoms with van der Waals surface area (Å²) < 4.78 is 17.9. The molecule has 0 aliphatic heterocycles. The molecule has 114 valence electrons. The van der Waals surface area contributed by atoms with E-state index in [9.17, 15) is 14.0 Å². The number of hydrogen-bond donors (Lipinski definition) is 1. The summed E-state index contributed by atoms with van der Waals surface area (Å²) in [6.45, 7) is 1.41. The van der Waals surface area contributed by atoms with Gasteiger partial charge in [0.25, 0.3) is 5.91 Å². The average molecular weight is 322 g/mol. The SMILES string of the molecule is Cc1ccccc1NC(=O)COC(=O)c1ccc(F)c(Cl)c1. The molecule has 0 saturated carbocycles. The van der Waals surface area contributed by atoms with Gasteiger partial charge in [-0.2, -0.15) is 0 Å². The van der Waals surface area contributed by atoms with Crippen LogP contribution in [0.4, 0.5) is 10.1 Å². The number of aryl methyl sites for hydroxylation is 1. The van der Waals surface area contributed by atoms with Gasteiger partial charge in [-0.3, -0.25) is 4.79 Å². The summed E-state index contributed by atoms with van der Waals surface area (Å²) in [6.07, 6.45) is 0. The number of carbonyl (C=O) groups excluding carboxylic acids is 2. The van der Waals surface area contributed by atoms with Crippen molar-refractivity contribution >= 4 is 29.2 Å². The number of hydrogen-bond acceptors (Lipinski definition) is 3. The molecule has 1 amide bonds. The minimum atomic E-state index is -0.748. The first-order valence-corrected chi connectivity index (χ1v) is 6.83. The fraction of sp³-hybridized carbons (Fsp3) is 0.125. The van der Waals surface area contributed by atoms with Crippen LogP contribution in [-0.4, -0.2) is 18.5 Å². The number of anilines is 1. The van der Waals surface area contributed by atoms with Crippen LogP contribution in [0.3, 0.4) is 0 Å². The monoisotopic (exact) mass is 321 g/mol. The van der Waals surface area contributed by atoms with Crippen molar-refractivity contribution in [2.45, 2.75) is 6.92 Å². The number of nitrogens with one attached hydrogen (secondary N) is 1. The molecule has 22 heavy (non-hydrogen) atoms. The molecule has 0 aliphatic carbocycles. The van der Waals surface area contributed by atoms with E-state index in [2.05, 4.69) is 5.32 Å². The first-order chi connectivity index (χ1) is 10.5. The molecule has 0 aliphatic rings. The molecule has 0 unspecified atom stereocenters. The maximum absolute atomic E-state index is 13.0. The summed E-state index contributed by atoms with van der Waals surface area (Å²) in [5.41, 5.74) is 1.62. The lowest BCUT2D eigenvalue weighted by atomic mass is 10.2. The Balaban J connectivity index is 1.92. The smallest absolute Gasteiger partial charge is 0.338 e. The minimum absolute atomic E-state index is 0.0788. The normalized spacial score (nSPS) is 10.1. The highest BCUT2D eigenvalue weighted by Gasteiger charge is 2.12. The molecule has 0 bridgehead atoms. The summed E-state index contributed by atoms with van der Waals surface area (Å²) in [7, 11) is 0. The second-order valence-corrected chi connectivity index (χ2v) is 4.98. The van der Waals surface area contributed by atoms with E-state index in [4.69, 9.17) is 16.3 Å². The molecule has 0 spiro atoms. The average Bonchev–Trinajstić information content (AvgIpc) is 2.50. The number of amides is 1. The molecular formula is C16H13ClFNO3. The van der Waals surface area contributed by atoms with Crippen molar-refractivity contribution in [3.63, 3.8) is 0 Å². The van der Waals surface area contributed by atoms with Gasteiger partial charge in [-0.15, -0.1) is 0 Å². The predicted octanol–water partition coefficient (Wildman–Crippen LogP) is 3.58. The fourth-order valence-electron chi connectivity index (χ4n) is 1.74. The lowest BCUT2D eigenvalue weighted by Gasteiger charge is -2.09. The van der Waals surface area contributed by atoms with Gasteiger partial charge in [-0.25, -0.2) is 9.18 Å². The van der Waals surface area contributed by atoms with E-state index in [0.717, 1.165) is 17.7 Å². The van der Waals surface area contributed by atoms with Crippen LogP contribution in [0.1, 0.15) is 15.9 Å². The van der Waals surface area contributed by atoms with Crippen molar-refractivity contribution in [2.24, 2.45) is 0 Å². The predicted molar refractivity (Wildman–Crippen MR) is 81.5 cm³/mol. The molecule has 0 atom stereocenters. The highest BCUT2D eigenvalue weighted by atomic mass is 35.5. The zero-order chi connectivity index (χ0) is 16.1. The Labute approximate surface area is 131 Å². The van der Waals surface area contributed by atoms with E-state index in [1.165, 1.54) is 6.07 Å². The van der Waals surface area contributed by atoms with Crippen molar-refractivity contribution in [1.29, 1.82) is 0 Å². The number of rotatable bonds is 4. The highest BCUT2D eigenvalue weighted by Crippen LogP contribution is 2.17. The van der Waals surface area contributed by atoms with Crippen molar-refractivity contribution in [3.8, 4) is 0 Å². The first-order valence-electron chi connectivity index (χ1n) is 6.45. The van der Waals surface area contributed by atoms with Gasteiger partial charge >= 0.3 is 5.97 Å². The van der Waals surface area contributed by atoms with E-state index in [0.29, 0.717) is 5.69 Å². The lowest BCUT2D eigenvalue weighted by Crippen LogP contribution is -2.21. The summed E-state index contributed by atoms with van der Waals surface area (Å²) in [5, 5.41) is 2.45. The van der Waals surface area contributed by atoms with E-state index < -0.39 is 24.3 Å². The number of para-hydroxylation sites is 1. The molecule has 4 nitrogen and oxygen atoms in total. The van der Waals surface area contributed by atoms with E-state index in [1.807, 2.05) is 19.1 Å². The zero-order valence-corrected chi connectivity index (χ0v) is 12.5. The van der Waals surface area contributed by atoms with Gasteiger partial charge in [-0.05, 0) is 36.8 Å². The molecule has 6 heteroatoms. The second kappa shape index (κ2) is 7.04. The standard InChI is InChI=1S/C16H13ClFNO3/c1-10-4-2-3-5-14(10)19-15(20)9-22-16(21)11-6-7-13(18)12(17)8-11/h2-8H,9H2,1H3,(H,19,20). The maximum atomic E-state index is 13.0. The Morgan fingerprint density at radius 2 is 1.95 bits per heavy atom. The van der Waals surface area contributed by atoms with Crippen molar-refractivity contribution < 1.29 is 18.7 Å². The second-order valence-electron chi connectivity index (χ2n) is 4.57. The topological polar surface area (TPSA) is 55.4 Å². The Morgan fingerprint density at radius 1 is 1.23 bits per heavy atom. The molecule has 0 radical (unpaired) electrons. The third kappa shape index (κ3) is 4.05. The van der Waals surface area contributed by atoms with Crippen molar-refractivity contribution in [3.05, 3.63) is 64.4 Å². The lowest BCUT2D eigenvalue weighted by molar-refractivity contribution is -0.119. The van der Waals surface area contributed by atoms with Crippen molar-refractivity contribution in [1.82, 2.24) is 0 Å². The Hall–Kier alpha value is -2.40. The van der Waals surface area contributed by atoms with E-state index in [-0.39, 0.29) is 10.6 Å². The Morgan fingerprint density at radius 3 is 2.64 bits per heavy atom. The fourth-order valence-corrected chi connectivity index (χ4v) is 1.92. The number of benzene rings is 2. The minimum Gasteiger partial charge on any atom is -0.452 e. The van der Waals surface area contributed by atoms with Crippen LogP contribution in [0.15, 0.2) is 42.5 Å². The maximum Gasteiger partial charge on any atom is 0.338 e. The molecule has 0 fully saturated rings. The van der Waals surface area contributed by atoms with Gasteiger partial charge in [0, 0.05) is 5.69 Å². The van der Waals surface area contributed by atoms with Crippen LogP contribution < -0.4 is 5.32 Å². The molecule has 0 saturated heterocycles. The third-order valence-electron chi connectivity index (χ3n) is 2.91. The van der Waals surface area contributed by atoms with Crippen LogP contribution in [0.25, 0.3) is 0 Å². The number of halogens is 2. The van der Waals surface area contributed by atoms with Gasteiger partial charge < -0.3 is 10.1 Å². The molecule has 0 heterocycles. The van der Waals surface area contributed by atoms with Gasteiger partial charge in [0.2, 0.25) is 0 Å². The summed E-state index contributed by atoms with van der Waals surface area (Å²) >= 11 is 5.58. The first kappa shape index (κ1) is 16.0. The summed E-state index contributed by atoms with van der Waals surface area (Å²) in [4.78, 5) is 23.5. The van der Waals surface area contributed by atoms with E-state index in [1.54, 1.807) is 12.1 Å². The highest BCUT2D eigenvalue weighted by molar-refractivity contribution is 6.31. The molecule has 0 aromatic heterocycles. The van der Waals surface area contributed by atoms with Crippen LogP contribution >= 0.6 is 11.6 Å². The van der Waals surface area contributed by atoms with Crippen LogP contribution in [-0.2, 0) is 9.53 Å². The molecule has 2 aromatic carbocycles. The number of ether oxygens (including phenoxy) is 1. The molecule has 2 aromatic rings. The number of esters is 1. The number of carbonyl (C=O) groups is 2. The molecule has 1 N–H and O–H groups in total. The van der Waals surface area contributed by atoms with Gasteiger partial charge in [0.05, 0.1) is 10.6 Å². The Kier molecular flexibility index (Phi) is 5.12. The largest absolute Gasteiger partial charge is 0.452 e. The summed E-state index contributed by atoms with van der Waals surface area (Å²) in [6, 6.07) is 10.7. The van der Waals surface area contributed by atoms with Crippen LogP contribution in [0.2, 0.25) is 5.02 Å². The molecular weight excluding hydrogens is 309 g/mol. The van der Waals surface area contributed by atoms with E-state index >= 15 is 0 Å². The van der Waals surface area contributed by atoms with Gasteiger partial charge in [0.1, 0.15) is 5.82 Å². The van der Waals surface area contributed by atoms with Crippen molar-refractivity contribution in [2.75, 3.05) is 11.9 Å². The summed E-state index contributed by atoms with van der Waals surface area (Å²) in [5.74, 6) is -1.84. The van der Waals surface area contributed by atoms with Crippen LogP contribution in [0, 0.1) is 12.7 Å². The zero-order valence-electron chi connectivity index (χ0n) is 11.7. The Bertz CT molecular complexity index is 718. The van der Waals surface area contributed by atoms with Crippen LogP contribution in [0.5, 0.6) is 0 Å². The van der Waals surface area contributed by atoms with Gasteiger partial charge in [0.15, 0.2) is 6.61 Å². The van der Waals surface area contributed by atoms with Gasteiger partial charge in [-0.1, -0.05) is 29.8 Å². The molecule has 2 rings (SSSR count). The third-order valence-corrected chi connectivity index (χ3v) is 3.20. The quantitative estimate of drug-likeness (QED) is 0.876.